The van der Waals surface area contributed by atoms with Crippen molar-refractivity contribution in [2.75, 3.05) is 0 Å². The van der Waals surface area contributed by atoms with Gasteiger partial charge in [0.25, 0.3) is 17.4 Å². The maximum absolute atomic E-state index is 12.5. The lowest BCUT2D eigenvalue weighted by Gasteiger charge is -2.08. The number of nitrogens with zero attached hydrogens (tertiary/aromatic N) is 1. The van der Waals surface area contributed by atoms with Gasteiger partial charge in [0.1, 0.15) is 5.56 Å². The highest BCUT2D eigenvalue weighted by molar-refractivity contribution is 7.98. The molecule has 0 bridgehead atoms. The highest BCUT2D eigenvalue weighted by Gasteiger charge is 2.13. The molecular formula is C27H21N5O3S. The first-order valence-electron chi connectivity index (χ1n) is 11.1. The third-order valence-corrected chi connectivity index (χ3v) is 6.43. The van der Waals surface area contributed by atoms with Crippen molar-refractivity contribution in [1.82, 2.24) is 25.8 Å². The molecule has 9 heteroatoms. The molecule has 2 heterocycles. The van der Waals surface area contributed by atoms with Gasteiger partial charge in [-0.25, -0.2) is 4.98 Å². The number of rotatable bonds is 6. The molecule has 4 N–H and O–H groups in total. The quantitative estimate of drug-likeness (QED) is 0.207. The molecule has 0 radical (unpaired) electrons. The summed E-state index contributed by atoms with van der Waals surface area (Å²) in [6, 6.07) is 27.3. The third-order valence-electron chi connectivity index (χ3n) is 5.49. The number of aromatic amines is 2. The first-order chi connectivity index (χ1) is 17.6. The van der Waals surface area contributed by atoms with Crippen LogP contribution in [0.2, 0.25) is 0 Å². The van der Waals surface area contributed by atoms with Crippen LogP contribution in [0.4, 0.5) is 0 Å². The van der Waals surface area contributed by atoms with E-state index < -0.39 is 17.4 Å². The molecule has 2 aromatic heterocycles. The third kappa shape index (κ3) is 5.21. The number of benzene rings is 3. The first kappa shape index (κ1) is 23.1. The molecule has 5 aromatic rings. The zero-order valence-electron chi connectivity index (χ0n) is 18.9. The maximum atomic E-state index is 12.5. The SMILES string of the molecule is O=C(NNC(=O)c1ccc(-c2ccccc2)[nH]c1=O)c1ccc(CSc2nc3ccccc3[nH]2)cc1. The summed E-state index contributed by atoms with van der Waals surface area (Å²) in [5.74, 6) is -0.513. The normalized spacial score (nSPS) is 10.8. The topological polar surface area (TPSA) is 120 Å². The van der Waals surface area contributed by atoms with Crippen LogP contribution in [0.3, 0.4) is 0 Å². The van der Waals surface area contributed by atoms with Crippen LogP contribution in [-0.4, -0.2) is 26.8 Å². The molecule has 3 aromatic carbocycles. The second-order valence-electron chi connectivity index (χ2n) is 7.93. The van der Waals surface area contributed by atoms with Crippen molar-refractivity contribution in [3.63, 3.8) is 0 Å². The van der Waals surface area contributed by atoms with Gasteiger partial charge in [0, 0.05) is 17.0 Å². The van der Waals surface area contributed by atoms with Crippen LogP contribution in [0.25, 0.3) is 22.3 Å². The van der Waals surface area contributed by atoms with E-state index in [-0.39, 0.29) is 5.56 Å². The number of hydrogen-bond acceptors (Lipinski definition) is 5. The number of nitrogens with one attached hydrogen (secondary N) is 4. The number of thioether (sulfide) groups is 1. The van der Waals surface area contributed by atoms with Gasteiger partial charge in [-0.15, -0.1) is 0 Å². The lowest BCUT2D eigenvalue weighted by atomic mass is 10.1. The van der Waals surface area contributed by atoms with Crippen molar-refractivity contribution in [3.05, 3.63) is 118 Å². The second-order valence-corrected chi connectivity index (χ2v) is 8.90. The minimum Gasteiger partial charge on any atom is -0.333 e. The Morgan fingerprint density at radius 1 is 0.778 bits per heavy atom. The standard InChI is InChI=1S/C27H21N5O3S/c33-24(31-32-26(35)20-14-15-21(28-25(20)34)18-6-2-1-3-7-18)19-12-10-17(11-13-19)16-36-27-29-22-8-4-5-9-23(22)30-27/h1-15H,16H2,(H,28,34)(H,29,30)(H,31,33)(H,32,35). The van der Waals surface area contributed by atoms with Crippen molar-refractivity contribution in [2.24, 2.45) is 0 Å². The Morgan fingerprint density at radius 3 is 2.25 bits per heavy atom. The van der Waals surface area contributed by atoms with Gasteiger partial charge in [-0.1, -0.05) is 66.4 Å². The Kier molecular flexibility index (Phi) is 6.63. The first-order valence-corrected chi connectivity index (χ1v) is 12.1. The predicted molar refractivity (Wildman–Crippen MR) is 140 cm³/mol. The van der Waals surface area contributed by atoms with Gasteiger partial charge in [-0.05, 0) is 47.5 Å². The number of carbonyl (C=O) groups excluding carboxylic acids is 2. The van der Waals surface area contributed by atoms with E-state index in [9.17, 15) is 14.4 Å². The van der Waals surface area contributed by atoms with Crippen molar-refractivity contribution < 1.29 is 9.59 Å². The van der Waals surface area contributed by atoms with Crippen molar-refractivity contribution in [3.8, 4) is 11.3 Å². The molecule has 0 saturated heterocycles. The van der Waals surface area contributed by atoms with Gasteiger partial charge in [0.2, 0.25) is 0 Å². The Balaban J connectivity index is 1.16. The number of fused-ring (bicyclic) bond motifs is 1. The molecule has 178 valence electrons. The van der Waals surface area contributed by atoms with Crippen LogP contribution < -0.4 is 16.4 Å². The Morgan fingerprint density at radius 2 is 1.50 bits per heavy atom. The minimum atomic E-state index is -0.705. The molecule has 0 spiro atoms. The molecule has 0 saturated carbocycles. The van der Waals surface area contributed by atoms with Crippen molar-refractivity contribution >= 4 is 34.6 Å². The fraction of sp³-hybridized carbons (Fsp3) is 0.0370. The van der Waals surface area contributed by atoms with E-state index in [1.165, 1.54) is 6.07 Å². The Hall–Kier alpha value is -4.63. The fourth-order valence-corrected chi connectivity index (χ4v) is 4.43. The molecule has 0 fully saturated rings. The van der Waals surface area contributed by atoms with Gasteiger partial charge in [0.15, 0.2) is 5.16 Å². The van der Waals surface area contributed by atoms with Crippen LogP contribution >= 0.6 is 11.8 Å². The summed E-state index contributed by atoms with van der Waals surface area (Å²) in [5.41, 5.74) is 8.73. The van der Waals surface area contributed by atoms with Gasteiger partial charge < -0.3 is 9.97 Å². The molecule has 0 atom stereocenters. The molecule has 0 unspecified atom stereocenters. The largest absolute Gasteiger partial charge is 0.333 e. The van der Waals surface area contributed by atoms with Gasteiger partial charge >= 0.3 is 0 Å². The number of pyridine rings is 1. The maximum Gasteiger partial charge on any atom is 0.275 e. The predicted octanol–water partition coefficient (Wildman–Crippen LogP) is 4.29. The summed E-state index contributed by atoms with van der Waals surface area (Å²) in [7, 11) is 0. The number of H-pyrrole nitrogens is 2. The van der Waals surface area contributed by atoms with Crippen LogP contribution in [0.5, 0.6) is 0 Å². The van der Waals surface area contributed by atoms with Gasteiger partial charge in [0.05, 0.1) is 11.0 Å². The van der Waals surface area contributed by atoms with Gasteiger partial charge in [-0.2, -0.15) is 0 Å². The lowest BCUT2D eigenvalue weighted by Crippen LogP contribution is -2.43. The molecular weight excluding hydrogens is 474 g/mol. The van der Waals surface area contributed by atoms with Crippen molar-refractivity contribution in [1.29, 1.82) is 0 Å². The summed E-state index contributed by atoms with van der Waals surface area (Å²) >= 11 is 1.57. The molecule has 8 nitrogen and oxygen atoms in total. The molecule has 5 rings (SSSR count). The molecule has 0 aliphatic rings. The molecule has 0 aliphatic carbocycles. The highest BCUT2D eigenvalue weighted by atomic mass is 32.2. The van der Waals surface area contributed by atoms with Crippen LogP contribution in [-0.2, 0) is 5.75 Å². The summed E-state index contributed by atoms with van der Waals surface area (Å²) in [6.07, 6.45) is 0. The summed E-state index contributed by atoms with van der Waals surface area (Å²) in [5, 5.41) is 0.826. The molecule has 0 aliphatic heterocycles. The second kappa shape index (κ2) is 10.3. The van der Waals surface area contributed by atoms with Gasteiger partial charge in [-0.3, -0.25) is 25.2 Å². The van der Waals surface area contributed by atoms with E-state index in [0.29, 0.717) is 17.0 Å². The number of hydrazine groups is 1. The van der Waals surface area contributed by atoms with E-state index in [1.807, 2.05) is 66.7 Å². The van der Waals surface area contributed by atoms with E-state index >= 15 is 0 Å². The Bertz CT molecular complexity index is 1560. The molecule has 2 amide bonds. The zero-order valence-corrected chi connectivity index (χ0v) is 19.8. The number of carbonyl (C=O) groups is 2. The monoisotopic (exact) mass is 495 g/mol. The lowest BCUT2D eigenvalue weighted by molar-refractivity contribution is 0.0846. The van der Waals surface area contributed by atoms with E-state index in [2.05, 4.69) is 25.8 Å². The summed E-state index contributed by atoms with van der Waals surface area (Å²) in [6.45, 7) is 0. The van der Waals surface area contributed by atoms with Crippen LogP contribution in [0.15, 0.2) is 101 Å². The number of aromatic nitrogens is 3. The fourth-order valence-electron chi connectivity index (χ4n) is 3.59. The number of para-hydroxylation sites is 2. The number of amides is 2. The van der Waals surface area contributed by atoms with E-state index in [4.69, 9.17) is 0 Å². The number of hydrogen-bond donors (Lipinski definition) is 4. The average Bonchev–Trinajstić information content (AvgIpc) is 3.34. The smallest absolute Gasteiger partial charge is 0.275 e. The molecule has 36 heavy (non-hydrogen) atoms. The van der Waals surface area contributed by atoms with E-state index in [1.54, 1.807) is 30.0 Å². The van der Waals surface area contributed by atoms with Crippen LogP contribution in [0.1, 0.15) is 26.3 Å². The van der Waals surface area contributed by atoms with Crippen molar-refractivity contribution in [2.45, 2.75) is 10.9 Å². The Labute approximate surface area is 210 Å². The van der Waals surface area contributed by atoms with Crippen LogP contribution in [0, 0.1) is 0 Å². The zero-order chi connectivity index (χ0) is 24.9. The average molecular weight is 496 g/mol. The summed E-state index contributed by atoms with van der Waals surface area (Å²) < 4.78 is 0. The highest BCUT2D eigenvalue weighted by Crippen LogP contribution is 2.23. The number of imidazole rings is 1. The summed E-state index contributed by atoms with van der Waals surface area (Å²) in [4.78, 5) is 47.8. The minimum absolute atomic E-state index is 0.104. The van der Waals surface area contributed by atoms with E-state index in [0.717, 1.165) is 27.3 Å².